The lowest BCUT2D eigenvalue weighted by atomic mass is 9.85. The van der Waals surface area contributed by atoms with Gasteiger partial charge in [-0.2, -0.15) is 0 Å². The first-order chi connectivity index (χ1) is 10.5. The molecule has 3 heterocycles. The zero-order valence-corrected chi connectivity index (χ0v) is 13.4. The summed E-state index contributed by atoms with van der Waals surface area (Å²) in [7, 11) is 0. The van der Waals surface area contributed by atoms with E-state index in [0.717, 1.165) is 41.9 Å². The van der Waals surface area contributed by atoms with Crippen molar-refractivity contribution < 1.29 is 5.11 Å². The number of nitrogens with zero attached hydrogens (tertiary/aromatic N) is 2. The highest BCUT2D eigenvalue weighted by Crippen LogP contribution is 2.32. The summed E-state index contributed by atoms with van der Waals surface area (Å²) in [5.41, 5.74) is 3.27. The fraction of sp³-hybridized carbons (Fsp3) is 0.444. The minimum atomic E-state index is -0.883. The van der Waals surface area contributed by atoms with Crippen molar-refractivity contribution in [2.75, 3.05) is 11.9 Å². The number of pyridine rings is 2. The molecule has 3 rings (SSSR count). The molecule has 0 aliphatic carbocycles. The summed E-state index contributed by atoms with van der Waals surface area (Å²) >= 11 is 0. The molecule has 4 heteroatoms. The van der Waals surface area contributed by atoms with Crippen LogP contribution in [0.4, 0.5) is 5.82 Å². The van der Waals surface area contributed by atoms with Crippen molar-refractivity contribution in [1.29, 1.82) is 0 Å². The Kier molecular flexibility index (Phi) is 3.87. The van der Waals surface area contributed by atoms with Gasteiger partial charge in [0.2, 0.25) is 0 Å². The topological polar surface area (TPSA) is 58.0 Å². The summed E-state index contributed by atoms with van der Waals surface area (Å²) < 4.78 is 0. The van der Waals surface area contributed by atoms with Gasteiger partial charge in [0.05, 0.1) is 5.60 Å². The van der Waals surface area contributed by atoms with Gasteiger partial charge in [-0.25, -0.2) is 4.98 Å². The second-order valence-electron chi connectivity index (χ2n) is 6.53. The SMILES string of the molecule is CC(C)C(C)(O)c1cncc(-c2cnc3c(c2)CCCN3)c1. The van der Waals surface area contributed by atoms with E-state index in [1.807, 2.05) is 39.2 Å². The van der Waals surface area contributed by atoms with Crippen molar-refractivity contribution in [1.82, 2.24) is 9.97 Å². The van der Waals surface area contributed by atoms with Crippen molar-refractivity contribution in [3.63, 3.8) is 0 Å². The number of aliphatic hydroxyl groups is 1. The van der Waals surface area contributed by atoms with Gasteiger partial charge in [0.15, 0.2) is 0 Å². The molecule has 1 aliphatic heterocycles. The molecule has 2 aromatic rings. The molecule has 2 N–H and O–H groups in total. The van der Waals surface area contributed by atoms with Crippen LogP contribution in [0.1, 0.15) is 38.3 Å². The summed E-state index contributed by atoms with van der Waals surface area (Å²) in [6.07, 6.45) is 7.65. The second kappa shape index (κ2) is 5.69. The van der Waals surface area contributed by atoms with Crippen molar-refractivity contribution in [2.24, 2.45) is 5.92 Å². The lowest BCUT2D eigenvalue weighted by Gasteiger charge is -2.28. The molecular weight excluding hydrogens is 274 g/mol. The number of fused-ring (bicyclic) bond motifs is 1. The maximum Gasteiger partial charge on any atom is 0.129 e. The predicted octanol–water partition coefficient (Wildman–Crippen LogP) is 3.37. The lowest BCUT2D eigenvalue weighted by molar-refractivity contribution is 0.00878. The van der Waals surface area contributed by atoms with E-state index in [4.69, 9.17) is 0 Å². The average molecular weight is 297 g/mol. The molecule has 2 aromatic heterocycles. The van der Waals surface area contributed by atoms with Gasteiger partial charge in [-0.15, -0.1) is 0 Å². The minimum Gasteiger partial charge on any atom is -0.385 e. The Hall–Kier alpha value is -1.94. The fourth-order valence-corrected chi connectivity index (χ4v) is 2.71. The standard InChI is InChI=1S/C18H23N3O/c1-12(2)18(3,22)16-8-15(9-19-11-16)14-7-13-5-4-6-20-17(13)21-10-14/h7-12,22H,4-6H2,1-3H3,(H,20,21). The van der Waals surface area contributed by atoms with Gasteiger partial charge in [-0.1, -0.05) is 13.8 Å². The van der Waals surface area contributed by atoms with Gasteiger partial charge in [0.25, 0.3) is 0 Å². The van der Waals surface area contributed by atoms with E-state index in [-0.39, 0.29) is 5.92 Å². The van der Waals surface area contributed by atoms with E-state index in [1.54, 1.807) is 6.20 Å². The molecule has 1 aliphatic rings. The number of aryl methyl sites for hydroxylation is 1. The van der Waals surface area contributed by atoms with Crippen LogP contribution in [0, 0.1) is 5.92 Å². The third-order valence-corrected chi connectivity index (χ3v) is 4.66. The molecule has 116 valence electrons. The Balaban J connectivity index is 1.99. The number of rotatable bonds is 3. The van der Waals surface area contributed by atoms with E-state index >= 15 is 0 Å². The highest BCUT2D eigenvalue weighted by atomic mass is 16.3. The van der Waals surface area contributed by atoms with Gasteiger partial charge >= 0.3 is 0 Å². The average Bonchev–Trinajstić information content (AvgIpc) is 2.54. The first-order valence-corrected chi connectivity index (χ1v) is 7.89. The summed E-state index contributed by atoms with van der Waals surface area (Å²) in [5, 5.41) is 14.0. The number of anilines is 1. The number of hydrogen-bond donors (Lipinski definition) is 2. The molecule has 0 bridgehead atoms. The lowest BCUT2D eigenvalue weighted by Crippen LogP contribution is -2.28. The maximum absolute atomic E-state index is 10.7. The summed E-state index contributed by atoms with van der Waals surface area (Å²) in [4.78, 5) is 8.84. The van der Waals surface area contributed by atoms with Gasteiger partial charge < -0.3 is 10.4 Å². The summed E-state index contributed by atoms with van der Waals surface area (Å²) in [5.74, 6) is 1.11. The molecule has 0 fully saturated rings. The van der Waals surface area contributed by atoms with Crippen molar-refractivity contribution >= 4 is 5.82 Å². The van der Waals surface area contributed by atoms with Crippen LogP contribution in [0.15, 0.2) is 30.7 Å². The monoisotopic (exact) mass is 297 g/mol. The summed E-state index contributed by atoms with van der Waals surface area (Å²) in [6.45, 7) is 6.86. The second-order valence-corrected chi connectivity index (χ2v) is 6.53. The van der Waals surface area contributed by atoms with Crippen LogP contribution in [0.25, 0.3) is 11.1 Å². The Morgan fingerprint density at radius 1 is 1.18 bits per heavy atom. The Bertz CT molecular complexity index is 680. The fourth-order valence-electron chi connectivity index (χ4n) is 2.71. The number of hydrogen-bond acceptors (Lipinski definition) is 4. The molecule has 0 amide bonds. The van der Waals surface area contributed by atoms with Gasteiger partial charge in [-0.05, 0) is 43.4 Å². The highest BCUT2D eigenvalue weighted by molar-refractivity contribution is 5.66. The molecule has 0 saturated carbocycles. The Morgan fingerprint density at radius 2 is 1.95 bits per heavy atom. The molecule has 0 saturated heterocycles. The van der Waals surface area contributed by atoms with E-state index in [0.29, 0.717) is 0 Å². The van der Waals surface area contributed by atoms with Crippen LogP contribution in [-0.2, 0) is 12.0 Å². The third kappa shape index (κ3) is 2.71. The van der Waals surface area contributed by atoms with E-state index < -0.39 is 5.60 Å². The zero-order chi connectivity index (χ0) is 15.7. The number of nitrogens with one attached hydrogen (secondary N) is 1. The van der Waals surface area contributed by atoms with E-state index in [2.05, 4.69) is 21.4 Å². The van der Waals surface area contributed by atoms with Crippen LogP contribution in [0.5, 0.6) is 0 Å². The van der Waals surface area contributed by atoms with Crippen LogP contribution < -0.4 is 5.32 Å². The van der Waals surface area contributed by atoms with Gasteiger partial charge in [-0.3, -0.25) is 4.98 Å². The first kappa shape index (κ1) is 15.0. The van der Waals surface area contributed by atoms with Crippen LogP contribution in [0.2, 0.25) is 0 Å². The van der Waals surface area contributed by atoms with Crippen molar-refractivity contribution in [3.8, 4) is 11.1 Å². The Morgan fingerprint density at radius 3 is 2.73 bits per heavy atom. The van der Waals surface area contributed by atoms with E-state index in [1.165, 1.54) is 5.56 Å². The highest BCUT2D eigenvalue weighted by Gasteiger charge is 2.27. The molecule has 0 spiro atoms. The molecule has 1 unspecified atom stereocenters. The Labute approximate surface area is 131 Å². The van der Waals surface area contributed by atoms with Crippen molar-refractivity contribution in [3.05, 3.63) is 41.9 Å². The third-order valence-electron chi connectivity index (χ3n) is 4.66. The molecule has 0 radical (unpaired) electrons. The number of aromatic nitrogens is 2. The van der Waals surface area contributed by atoms with Crippen LogP contribution in [0.3, 0.4) is 0 Å². The van der Waals surface area contributed by atoms with Gasteiger partial charge in [0, 0.05) is 41.8 Å². The zero-order valence-electron chi connectivity index (χ0n) is 13.4. The maximum atomic E-state index is 10.7. The summed E-state index contributed by atoms with van der Waals surface area (Å²) in [6, 6.07) is 4.20. The molecular formula is C18H23N3O. The van der Waals surface area contributed by atoms with Crippen molar-refractivity contribution in [2.45, 2.75) is 39.2 Å². The van der Waals surface area contributed by atoms with E-state index in [9.17, 15) is 5.11 Å². The largest absolute Gasteiger partial charge is 0.385 e. The quantitative estimate of drug-likeness (QED) is 0.912. The van der Waals surface area contributed by atoms with Crippen LogP contribution >= 0.6 is 0 Å². The smallest absolute Gasteiger partial charge is 0.129 e. The molecule has 4 nitrogen and oxygen atoms in total. The predicted molar refractivity (Wildman–Crippen MR) is 88.7 cm³/mol. The first-order valence-electron chi connectivity index (χ1n) is 7.89. The molecule has 1 atom stereocenters. The minimum absolute atomic E-state index is 0.121. The van der Waals surface area contributed by atoms with Crippen LogP contribution in [-0.4, -0.2) is 21.6 Å². The molecule has 0 aromatic carbocycles. The molecule has 22 heavy (non-hydrogen) atoms. The van der Waals surface area contributed by atoms with Gasteiger partial charge in [0.1, 0.15) is 5.82 Å². The normalized spacial score (nSPS) is 16.8.